The fourth-order valence-corrected chi connectivity index (χ4v) is 1.84. The van der Waals surface area contributed by atoms with Crippen molar-refractivity contribution in [3.05, 3.63) is 42.1 Å². The van der Waals surface area contributed by atoms with Crippen LogP contribution in [-0.2, 0) is 0 Å². The number of pyridine rings is 1. The van der Waals surface area contributed by atoms with Gasteiger partial charge in [0, 0.05) is 11.3 Å². The molecule has 4 nitrogen and oxygen atoms in total. The monoisotopic (exact) mass is 297 g/mol. The van der Waals surface area contributed by atoms with E-state index in [-0.39, 0.29) is 11.2 Å². The zero-order chi connectivity index (χ0) is 15.6. The molecule has 1 aromatic heterocycles. The summed E-state index contributed by atoms with van der Waals surface area (Å²) in [5.41, 5.74) is 1.42. The van der Waals surface area contributed by atoms with E-state index in [1.807, 2.05) is 0 Å². The Kier molecular flexibility index (Phi) is 4.20. The van der Waals surface area contributed by atoms with E-state index in [0.717, 1.165) is 0 Å². The summed E-state index contributed by atoms with van der Waals surface area (Å²) in [5, 5.41) is 18.4. The van der Waals surface area contributed by atoms with Crippen molar-refractivity contribution >= 4 is 12.6 Å². The average molecular weight is 297 g/mol. The van der Waals surface area contributed by atoms with E-state index in [1.165, 1.54) is 30.3 Å². The molecule has 0 saturated carbocycles. The molecule has 0 spiro atoms. The summed E-state index contributed by atoms with van der Waals surface area (Å²) in [7, 11) is -1.68. The van der Waals surface area contributed by atoms with Crippen LogP contribution in [-0.4, -0.2) is 28.5 Å². The van der Waals surface area contributed by atoms with Gasteiger partial charge in [-0.3, -0.25) is 4.98 Å². The fraction of sp³-hybridized carbons (Fsp3) is 0.154. The van der Waals surface area contributed by atoms with Crippen LogP contribution in [0.15, 0.2) is 36.4 Å². The zero-order valence-corrected chi connectivity index (χ0v) is 10.9. The van der Waals surface area contributed by atoms with E-state index in [1.54, 1.807) is 13.0 Å². The SMILES string of the molecule is Cc1cc(B(O)O)cc(-c2cccc(OC(F)(F)F)c2)n1. The van der Waals surface area contributed by atoms with Crippen LogP contribution in [0.4, 0.5) is 13.2 Å². The first-order chi connectivity index (χ1) is 9.74. The molecule has 1 aromatic carbocycles. The number of hydrogen-bond acceptors (Lipinski definition) is 4. The third-order valence-corrected chi connectivity index (χ3v) is 2.64. The van der Waals surface area contributed by atoms with Crippen molar-refractivity contribution in [1.29, 1.82) is 0 Å². The van der Waals surface area contributed by atoms with Crippen LogP contribution >= 0.6 is 0 Å². The van der Waals surface area contributed by atoms with E-state index in [9.17, 15) is 23.2 Å². The number of benzene rings is 1. The van der Waals surface area contributed by atoms with Crippen LogP contribution in [0.1, 0.15) is 5.69 Å². The van der Waals surface area contributed by atoms with E-state index in [2.05, 4.69) is 9.72 Å². The van der Waals surface area contributed by atoms with Crippen LogP contribution < -0.4 is 10.2 Å². The van der Waals surface area contributed by atoms with E-state index >= 15 is 0 Å². The Labute approximate surface area is 119 Å². The lowest BCUT2D eigenvalue weighted by Crippen LogP contribution is -2.30. The highest BCUT2D eigenvalue weighted by Gasteiger charge is 2.31. The van der Waals surface area contributed by atoms with Gasteiger partial charge < -0.3 is 14.8 Å². The molecular formula is C13H11BF3NO3. The summed E-state index contributed by atoms with van der Waals surface area (Å²) in [4.78, 5) is 4.17. The first-order valence-electron chi connectivity index (χ1n) is 5.95. The summed E-state index contributed by atoms with van der Waals surface area (Å²) in [6.45, 7) is 1.64. The van der Waals surface area contributed by atoms with Crippen LogP contribution in [0.5, 0.6) is 5.75 Å². The Bertz CT molecular complexity index is 647. The van der Waals surface area contributed by atoms with Gasteiger partial charge in [0.05, 0.1) is 5.69 Å². The Morgan fingerprint density at radius 3 is 2.48 bits per heavy atom. The predicted octanol–water partition coefficient (Wildman–Crippen LogP) is 1.64. The topological polar surface area (TPSA) is 62.6 Å². The van der Waals surface area contributed by atoms with Crippen molar-refractivity contribution in [2.24, 2.45) is 0 Å². The molecule has 8 heteroatoms. The van der Waals surface area contributed by atoms with Gasteiger partial charge in [-0.25, -0.2) is 0 Å². The third kappa shape index (κ3) is 4.20. The van der Waals surface area contributed by atoms with Gasteiger partial charge in [0.15, 0.2) is 0 Å². The van der Waals surface area contributed by atoms with Crippen LogP contribution in [0.25, 0.3) is 11.3 Å². The quantitative estimate of drug-likeness (QED) is 0.845. The molecule has 2 rings (SSSR count). The van der Waals surface area contributed by atoms with Gasteiger partial charge in [0.2, 0.25) is 0 Å². The molecule has 0 aliphatic heterocycles. The number of aryl methyl sites for hydroxylation is 1. The lowest BCUT2D eigenvalue weighted by molar-refractivity contribution is -0.274. The Morgan fingerprint density at radius 2 is 1.86 bits per heavy atom. The lowest BCUT2D eigenvalue weighted by atomic mass is 9.80. The summed E-state index contributed by atoms with van der Waals surface area (Å²) >= 11 is 0. The molecule has 0 fully saturated rings. The second-order valence-electron chi connectivity index (χ2n) is 4.38. The number of hydrogen-bond donors (Lipinski definition) is 2. The number of nitrogens with zero attached hydrogens (tertiary/aromatic N) is 1. The van der Waals surface area contributed by atoms with Gasteiger partial charge in [0.1, 0.15) is 5.75 Å². The molecule has 0 aliphatic rings. The Hall–Kier alpha value is -2.06. The smallest absolute Gasteiger partial charge is 0.423 e. The van der Waals surface area contributed by atoms with Crippen molar-refractivity contribution in [3.63, 3.8) is 0 Å². The highest BCUT2D eigenvalue weighted by atomic mass is 19.4. The fourth-order valence-electron chi connectivity index (χ4n) is 1.84. The molecule has 2 aromatic rings. The summed E-state index contributed by atoms with van der Waals surface area (Å²) < 4.78 is 40.5. The van der Waals surface area contributed by atoms with E-state index in [0.29, 0.717) is 17.0 Å². The highest BCUT2D eigenvalue weighted by Crippen LogP contribution is 2.27. The largest absolute Gasteiger partial charge is 0.573 e. The van der Waals surface area contributed by atoms with Gasteiger partial charge in [-0.05, 0) is 36.7 Å². The minimum atomic E-state index is -4.77. The molecule has 0 radical (unpaired) electrons. The number of aromatic nitrogens is 1. The number of ether oxygens (including phenoxy) is 1. The number of alkyl halides is 3. The van der Waals surface area contributed by atoms with Gasteiger partial charge in [-0.1, -0.05) is 12.1 Å². The standard InChI is InChI=1S/C13H11BF3NO3/c1-8-5-10(14(19)20)7-12(18-8)9-3-2-4-11(6-9)21-13(15,16)17/h2-7,19-20H,1H3. The molecular weight excluding hydrogens is 286 g/mol. The number of halogens is 3. The zero-order valence-electron chi connectivity index (χ0n) is 10.9. The normalized spacial score (nSPS) is 11.3. The first kappa shape index (κ1) is 15.3. The van der Waals surface area contributed by atoms with E-state index in [4.69, 9.17) is 0 Å². The maximum Gasteiger partial charge on any atom is 0.573 e. The van der Waals surface area contributed by atoms with Crippen LogP contribution in [0.3, 0.4) is 0 Å². The molecule has 0 aliphatic carbocycles. The predicted molar refractivity (Wildman–Crippen MR) is 70.9 cm³/mol. The molecule has 0 saturated heterocycles. The second-order valence-corrected chi connectivity index (χ2v) is 4.38. The molecule has 1 heterocycles. The van der Waals surface area contributed by atoms with E-state index < -0.39 is 13.5 Å². The summed E-state index contributed by atoms with van der Waals surface area (Å²) in [6, 6.07) is 8.18. The molecule has 2 N–H and O–H groups in total. The Morgan fingerprint density at radius 1 is 1.14 bits per heavy atom. The molecule has 0 bridgehead atoms. The number of rotatable bonds is 3. The highest BCUT2D eigenvalue weighted by molar-refractivity contribution is 6.58. The molecule has 0 atom stereocenters. The van der Waals surface area contributed by atoms with Gasteiger partial charge in [-0.2, -0.15) is 0 Å². The van der Waals surface area contributed by atoms with Crippen molar-refractivity contribution in [3.8, 4) is 17.0 Å². The average Bonchev–Trinajstić information content (AvgIpc) is 2.36. The van der Waals surface area contributed by atoms with Crippen LogP contribution in [0, 0.1) is 6.92 Å². The van der Waals surface area contributed by atoms with Gasteiger partial charge in [-0.15, -0.1) is 13.2 Å². The second kappa shape index (κ2) is 5.75. The van der Waals surface area contributed by atoms with Crippen molar-refractivity contribution in [1.82, 2.24) is 4.98 Å². The van der Waals surface area contributed by atoms with Crippen LogP contribution in [0.2, 0.25) is 0 Å². The third-order valence-electron chi connectivity index (χ3n) is 2.64. The van der Waals surface area contributed by atoms with Crippen molar-refractivity contribution in [2.45, 2.75) is 13.3 Å². The molecule has 110 valence electrons. The van der Waals surface area contributed by atoms with Crippen molar-refractivity contribution in [2.75, 3.05) is 0 Å². The maximum atomic E-state index is 12.2. The summed E-state index contributed by atoms with van der Waals surface area (Å²) in [6.07, 6.45) is -4.77. The van der Waals surface area contributed by atoms with Crippen molar-refractivity contribution < 1.29 is 28.0 Å². The minimum Gasteiger partial charge on any atom is -0.423 e. The molecule has 0 unspecified atom stereocenters. The lowest BCUT2D eigenvalue weighted by Gasteiger charge is -2.11. The summed E-state index contributed by atoms with van der Waals surface area (Å²) in [5.74, 6) is -0.366. The van der Waals surface area contributed by atoms with Gasteiger partial charge >= 0.3 is 13.5 Å². The molecule has 0 amide bonds. The van der Waals surface area contributed by atoms with Gasteiger partial charge in [0.25, 0.3) is 0 Å². The Balaban J connectivity index is 2.40. The first-order valence-corrected chi connectivity index (χ1v) is 5.95. The maximum absolute atomic E-state index is 12.2. The molecule has 21 heavy (non-hydrogen) atoms. The minimum absolute atomic E-state index is 0.208.